The lowest BCUT2D eigenvalue weighted by Crippen LogP contribution is -2.74. The number of hydrogen-bond acceptors (Lipinski definition) is 11. The third kappa shape index (κ3) is 4.47. The largest absolute Gasteiger partial charge is 0.507 e. The lowest BCUT2D eigenvalue weighted by molar-refractivity contribution is -0.181. The summed E-state index contributed by atoms with van der Waals surface area (Å²) in [5.41, 5.74) is 4.01. The normalized spacial score (nSPS) is 32.8. The smallest absolute Gasteiger partial charge is 0.235 e. The Labute approximate surface area is 244 Å². The van der Waals surface area contributed by atoms with Crippen molar-refractivity contribution >= 4 is 34.7 Å². The number of primary amides is 1. The highest BCUT2D eigenvalue weighted by Crippen LogP contribution is 2.52. The van der Waals surface area contributed by atoms with Gasteiger partial charge in [0.2, 0.25) is 5.91 Å². The molecule has 1 heterocycles. The molecular formula is C30H40N4O8. The lowest BCUT2D eigenvalue weighted by atomic mass is 9.52. The molecule has 5 rings (SSSR count). The number of ketones is 4. The molecule has 0 spiro atoms. The number of Topliss-reactive ketones (excluding diaryl/α,β-unsaturated/α-hetero) is 4. The molecule has 12 heteroatoms. The topological polar surface area (TPSA) is 182 Å². The first kappa shape index (κ1) is 30.3. The number of likely N-dealkylation sites (N-methyl/N-ethyl adjacent to an activating group) is 1. The van der Waals surface area contributed by atoms with Crippen molar-refractivity contribution in [3.63, 3.8) is 0 Å². The average molecular weight is 585 g/mol. The molecule has 42 heavy (non-hydrogen) atoms. The molecule has 1 aromatic rings. The van der Waals surface area contributed by atoms with Crippen LogP contribution in [0.1, 0.15) is 47.7 Å². The number of benzene rings is 1. The fraction of sp³-hybridized carbons (Fsp3) is 0.633. The minimum absolute atomic E-state index is 0.00294. The van der Waals surface area contributed by atoms with Crippen molar-refractivity contribution in [3.8, 4) is 5.75 Å². The molecule has 1 aromatic carbocycles. The summed E-state index contributed by atoms with van der Waals surface area (Å²) in [7, 11) is 6.79. The Hall–Kier alpha value is -3.19. The molecule has 12 nitrogen and oxygen atoms in total. The third-order valence-corrected chi connectivity index (χ3v) is 9.89. The predicted molar refractivity (Wildman–Crippen MR) is 151 cm³/mol. The van der Waals surface area contributed by atoms with Gasteiger partial charge >= 0.3 is 0 Å². The molecule has 3 aliphatic carbocycles. The number of aromatic hydroxyl groups is 1. The van der Waals surface area contributed by atoms with E-state index in [0.717, 1.165) is 11.3 Å². The van der Waals surface area contributed by atoms with Crippen molar-refractivity contribution in [1.82, 2.24) is 9.80 Å². The van der Waals surface area contributed by atoms with Crippen LogP contribution >= 0.6 is 0 Å². The summed E-state index contributed by atoms with van der Waals surface area (Å²) in [6.07, 6.45) is 1.42. The van der Waals surface area contributed by atoms with Crippen LogP contribution in [0, 0.1) is 23.7 Å². The molecule has 0 bridgehead atoms. The van der Waals surface area contributed by atoms with Crippen LogP contribution in [0.15, 0.2) is 6.07 Å². The summed E-state index contributed by atoms with van der Waals surface area (Å²) in [4.78, 5) is 72.4. The lowest BCUT2D eigenvalue weighted by Gasteiger charge is -2.52. The first-order valence-corrected chi connectivity index (χ1v) is 14.4. The van der Waals surface area contributed by atoms with E-state index < -0.39 is 70.0 Å². The highest BCUT2D eigenvalue weighted by Gasteiger charge is 2.69. The van der Waals surface area contributed by atoms with E-state index in [1.165, 1.54) is 11.0 Å². The Balaban J connectivity index is 1.58. The van der Waals surface area contributed by atoms with Gasteiger partial charge in [0, 0.05) is 45.3 Å². The zero-order valence-electron chi connectivity index (χ0n) is 24.7. The summed E-state index contributed by atoms with van der Waals surface area (Å²) >= 11 is 0. The third-order valence-electron chi connectivity index (χ3n) is 9.89. The number of fused-ring (bicyclic) bond motifs is 3. The van der Waals surface area contributed by atoms with E-state index in [-0.39, 0.29) is 24.2 Å². The Morgan fingerprint density at radius 3 is 2.24 bits per heavy atom. The van der Waals surface area contributed by atoms with Crippen LogP contribution < -0.4 is 10.6 Å². The predicted octanol–water partition coefficient (Wildman–Crippen LogP) is -0.720. The summed E-state index contributed by atoms with van der Waals surface area (Å²) < 4.78 is 0. The second-order valence-corrected chi connectivity index (χ2v) is 13.2. The van der Waals surface area contributed by atoms with Crippen LogP contribution in [0.4, 0.5) is 5.69 Å². The molecule has 0 aromatic heterocycles. The van der Waals surface area contributed by atoms with Gasteiger partial charge in [-0.3, -0.25) is 33.8 Å². The molecule has 228 valence electrons. The molecule has 2 unspecified atom stereocenters. The minimum atomic E-state index is -2.74. The highest BCUT2D eigenvalue weighted by atomic mass is 16.3. The quantitative estimate of drug-likeness (QED) is 0.321. The molecule has 1 amide bonds. The Morgan fingerprint density at radius 1 is 1.07 bits per heavy atom. The van der Waals surface area contributed by atoms with Gasteiger partial charge in [-0.15, -0.1) is 0 Å². The summed E-state index contributed by atoms with van der Waals surface area (Å²) in [6.45, 7) is 3.62. The first-order chi connectivity index (χ1) is 19.5. The number of hydrogen-bond donors (Lipinski definition) is 4. The molecule has 3 fully saturated rings. The molecule has 0 radical (unpaired) electrons. The van der Waals surface area contributed by atoms with Gasteiger partial charge in [0.1, 0.15) is 5.75 Å². The number of carbonyl (C=O) groups is 5. The summed E-state index contributed by atoms with van der Waals surface area (Å²) in [5.74, 6) is -10.6. The number of likely N-dealkylation sites (tertiary alicyclic amines) is 1. The van der Waals surface area contributed by atoms with Crippen molar-refractivity contribution < 1.29 is 39.3 Å². The molecule has 4 aliphatic rings. The molecule has 6 atom stereocenters. The molecule has 5 N–H and O–H groups in total. The second kappa shape index (κ2) is 10.2. The number of rotatable bonds is 5. The van der Waals surface area contributed by atoms with Crippen molar-refractivity contribution in [3.05, 3.63) is 22.8 Å². The number of nitrogens with two attached hydrogens (primary N) is 1. The van der Waals surface area contributed by atoms with Gasteiger partial charge in [0.25, 0.3) is 0 Å². The van der Waals surface area contributed by atoms with E-state index >= 15 is 0 Å². The number of amides is 1. The number of aliphatic hydroxyl groups is 2. The van der Waals surface area contributed by atoms with Crippen molar-refractivity contribution in [2.45, 2.75) is 56.4 Å². The van der Waals surface area contributed by atoms with Crippen LogP contribution in [0.5, 0.6) is 5.75 Å². The second-order valence-electron chi connectivity index (χ2n) is 13.2. The van der Waals surface area contributed by atoms with Gasteiger partial charge in [0.15, 0.2) is 34.7 Å². The number of nitrogens with zero attached hydrogens (tertiary/aromatic N) is 3. The first-order valence-electron chi connectivity index (χ1n) is 14.4. The van der Waals surface area contributed by atoms with Crippen LogP contribution in [-0.2, 0) is 32.1 Å². The van der Waals surface area contributed by atoms with Crippen molar-refractivity contribution in [1.29, 1.82) is 0 Å². The van der Waals surface area contributed by atoms with E-state index in [1.807, 2.05) is 25.9 Å². The van der Waals surface area contributed by atoms with Crippen molar-refractivity contribution in [2.24, 2.45) is 29.4 Å². The Morgan fingerprint density at radius 2 is 1.69 bits per heavy atom. The molecule has 1 aliphatic heterocycles. The van der Waals surface area contributed by atoms with Gasteiger partial charge < -0.3 is 26.0 Å². The van der Waals surface area contributed by atoms with E-state index in [4.69, 9.17) is 5.73 Å². The van der Waals surface area contributed by atoms with Crippen LogP contribution in [0.2, 0.25) is 0 Å². The van der Waals surface area contributed by atoms with E-state index in [1.54, 1.807) is 14.1 Å². The van der Waals surface area contributed by atoms with Gasteiger partial charge in [-0.05, 0) is 69.8 Å². The fourth-order valence-electron chi connectivity index (χ4n) is 7.84. The maximum atomic E-state index is 14.0. The van der Waals surface area contributed by atoms with Crippen LogP contribution in [0.25, 0.3) is 0 Å². The number of anilines is 1. The standard InChI is InChI=1S/C30H40N4O8/c1-29(41)6-8-34(9-7-29)13-15-12-18(35)20-16(22(15)32(2)3)10-14-11-17-23(33(4)5)25(37)21(28(31)40)27(39)30(17,42)26(38)19(14)24(20)36/h12,14,17,19,21,23,35,41-42H,6-11,13H2,1-5H3,(H2,31,40)/t14-,17-,19?,21?,23-,30-/m0/s1. The number of carbonyl (C=O) groups excluding carboxylic acids is 5. The average Bonchev–Trinajstić information content (AvgIpc) is 2.86. The van der Waals surface area contributed by atoms with Gasteiger partial charge in [-0.2, -0.15) is 0 Å². The van der Waals surface area contributed by atoms with Crippen LogP contribution in [0.3, 0.4) is 0 Å². The summed E-state index contributed by atoms with van der Waals surface area (Å²) in [5, 5.41) is 33.3. The zero-order chi connectivity index (χ0) is 31.0. The van der Waals surface area contributed by atoms with Crippen LogP contribution in [-0.4, -0.2) is 113 Å². The molecule has 2 saturated carbocycles. The monoisotopic (exact) mass is 584 g/mol. The van der Waals surface area contributed by atoms with Crippen molar-refractivity contribution in [2.75, 3.05) is 46.2 Å². The van der Waals surface area contributed by atoms with E-state index in [2.05, 4.69) is 4.90 Å². The maximum Gasteiger partial charge on any atom is 0.235 e. The highest BCUT2D eigenvalue weighted by molar-refractivity contribution is 6.32. The SMILES string of the molecule is CN(C)c1c(CN2CCC(C)(O)CC2)cc(O)c2c1C[C@H]1C[C@H]3[C@H](N(C)C)C(=O)C(C(N)=O)C(=O)[C@@]3(O)C(=O)C1C2=O. The van der Waals surface area contributed by atoms with Gasteiger partial charge in [-0.1, -0.05) is 0 Å². The fourth-order valence-corrected chi connectivity index (χ4v) is 7.84. The molecule has 1 saturated heterocycles. The van der Waals surface area contributed by atoms with E-state index in [9.17, 15) is 39.3 Å². The minimum Gasteiger partial charge on any atom is -0.507 e. The Bertz CT molecular complexity index is 1380. The molecular weight excluding hydrogens is 544 g/mol. The number of phenolic OH excluding ortho intramolecular Hbond substituents is 1. The summed E-state index contributed by atoms with van der Waals surface area (Å²) in [6, 6.07) is 0.385. The maximum absolute atomic E-state index is 14.0. The zero-order valence-corrected chi connectivity index (χ0v) is 24.7. The van der Waals surface area contributed by atoms with E-state index in [0.29, 0.717) is 38.0 Å². The Kier molecular flexibility index (Phi) is 7.36. The number of piperidine rings is 1. The van der Waals surface area contributed by atoms with Gasteiger partial charge in [-0.25, -0.2) is 0 Å². The number of phenols is 1. The van der Waals surface area contributed by atoms with Gasteiger partial charge in [0.05, 0.1) is 23.1 Å².